The Bertz CT molecular complexity index is 1180. The molecule has 1 aromatic carbocycles. The quantitative estimate of drug-likeness (QED) is 0.304. The lowest BCUT2D eigenvalue weighted by molar-refractivity contribution is 0.0977. The average Bonchev–Trinajstić information content (AvgIpc) is 3.44. The van der Waals surface area contributed by atoms with Gasteiger partial charge in [-0.3, -0.25) is 9.59 Å². The summed E-state index contributed by atoms with van der Waals surface area (Å²) < 4.78 is 3.08. The molecule has 0 bridgehead atoms. The van der Waals surface area contributed by atoms with Crippen molar-refractivity contribution < 1.29 is 9.59 Å². The molecule has 0 atom stereocenters. The fourth-order valence-electron chi connectivity index (χ4n) is 3.07. The molecule has 2 aromatic heterocycles. The van der Waals surface area contributed by atoms with E-state index in [-0.39, 0.29) is 23.2 Å². The van der Waals surface area contributed by atoms with Crippen LogP contribution in [0.2, 0.25) is 5.02 Å². The van der Waals surface area contributed by atoms with Gasteiger partial charge in [0.15, 0.2) is 5.82 Å². The Morgan fingerprint density at radius 1 is 1.17 bits per heavy atom. The fourth-order valence-corrected chi connectivity index (χ4v) is 5.20. The number of pyridine rings is 1. The predicted molar refractivity (Wildman–Crippen MR) is 126 cm³/mol. The zero-order valence-corrected chi connectivity index (χ0v) is 21.2. The number of anilines is 1. The number of halogens is 5. The molecule has 0 N–H and O–H groups in total. The number of aromatic nitrogens is 3. The third-order valence-corrected chi connectivity index (χ3v) is 6.40. The number of hydrogen-bond acceptors (Lipinski definition) is 4. The van der Waals surface area contributed by atoms with Crippen molar-refractivity contribution in [1.82, 2.24) is 14.8 Å². The molecule has 2 heterocycles. The van der Waals surface area contributed by atoms with E-state index in [9.17, 15) is 9.59 Å². The van der Waals surface area contributed by atoms with Crippen molar-refractivity contribution in [3.63, 3.8) is 0 Å². The molecule has 1 aliphatic rings. The van der Waals surface area contributed by atoms with Crippen molar-refractivity contribution in [3.8, 4) is 5.82 Å². The number of benzene rings is 1. The number of amides is 1. The van der Waals surface area contributed by atoms with E-state index < -0.39 is 5.24 Å². The second-order valence-corrected chi connectivity index (χ2v) is 9.87. The summed E-state index contributed by atoms with van der Waals surface area (Å²) in [6.45, 7) is 0. The number of rotatable bonds is 5. The van der Waals surface area contributed by atoms with E-state index in [0.29, 0.717) is 30.1 Å². The van der Waals surface area contributed by atoms with Gasteiger partial charge in [0, 0.05) is 27.3 Å². The van der Waals surface area contributed by atoms with Crippen LogP contribution in [-0.2, 0) is 0 Å². The van der Waals surface area contributed by atoms with Gasteiger partial charge < -0.3 is 4.90 Å². The van der Waals surface area contributed by atoms with E-state index in [0.717, 1.165) is 12.8 Å². The van der Waals surface area contributed by atoms with Gasteiger partial charge in [0.2, 0.25) is 0 Å². The molecule has 30 heavy (non-hydrogen) atoms. The maximum atomic E-state index is 13.7. The molecular formula is C19H11Br3Cl2N4O2. The lowest BCUT2D eigenvalue weighted by Crippen LogP contribution is -2.36. The predicted octanol–water partition coefficient (Wildman–Crippen LogP) is 6.40. The maximum absolute atomic E-state index is 13.7. The Morgan fingerprint density at radius 3 is 2.53 bits per heavy atom. The fraction of sp³-hybridized carbons (Fsp3) is 0.158. The Balaban J connectivity index is 1.88. The molecular weight excluding hydrogens is 627 g/mol. The largest absolute Gasteiger partial charge is 0.302 e. The minimum atomic E-state index is -0.659. The molecule has 1 amide bonds. The summed E-state index contributed by atoms with van der Waals surface area (Å²) in [6.07, 6.45) is 3.19. The zero-order chi connectivity index (χ0) is 21.6. The average molecular weight is 638 g/mol. The van der Waals surface area contributed by atoms with Crippen molar-refractivity contribution in [2.24, 2.45) is 0 Å². The van der Waals surface area contributed by atoms with Crippen LogP contribution < -0.4 is 4.90 Å². The number of nitrogens with zero attached hydrogens (tertiary/aromatic N) is 4. The molecule has 1 saturated carbocycles. The van der Waals surface area contributed by atoms with E-state index in [4.69, 9.17) is 23.2 Å². The second-order valence-electron chi connectivity index (χ2n) is 6.54. The van der Waals surface area contributed by atoms with E-state index in [1.54, 1.807) is 41.4 Å². The minimum absolute atomic E-state index is 0.0638. The molecule has 0 spiro atoms. The summed E-state index contributed by atoms with van der Waals surface area (Å²) in [5, 5.41) is 4.03. The normalized spacial score (nSPS) is 13.4. The first-order valence-corrected chi connectivity index (χ1v) is 11.8. The Kier molecular flexibility index (Phi) is 6.37. The van der Waals surface area contributed by atoms with E-state index in [2.05, 4.69) is 57.9 Å². The van der Waals surface area contributed by atoms with E-state index >= 15 is 0 Å². The number of hydrogen-bond donors (Lipinski definition) is 0. The molecule has 4 rings (SSSR count). The first-order valence-electron chi connectivity index (χ1n) is 8.67. The maximum Gasteiger partial charge on any atom is 0.277 e. The van der Waals surface area contributed by atoms with Crippen LogP contribution in [0.1, 0.15) is 33.7 Å². The van der Waals surface area contributed by atoms with Crippen LogP contribution >= 0.6 is 71.0 Å². The van der Waals surface area contributed by atoms with Gasteiger partial charge in [-0.25, -0.2) is 9.67 Å². The van der Waals surface area contributed by atoms with Gasteiger partial charge >= 0.3 is 0 Å². The summed E-state index contributed by atoms with van der Waals surface area (Å²) in [5.74, 6) is -0.0212. The standard InChI is InChI=1S/C19H11Br3Cl2N4O2/c20-9-6-11(17(24)29)16(12(21)7-9)27(10-3-4-10)19(30)14-8-15(22)26-28(14)18-13(23)2-1-5-25-18/h1-2,5-8,10H,3-4H2. The minimum Gasteiger partial charge on any atom is -0.302 e. The summed E-state index contributed by atoms with van der Waals surface area (Å²) in [7, 11) is 0. The van der Waals surface area contributed by atoms with Crippen molar-refractivity contribution in [3.05, 3.63) is 66.4 Å². The molecule has 154 valence electrons. The highest BCUT2D eigenvalue weighted by Gasteiger charge is 2.39. The van der Waals surface area contributed by atoms with Gasteiger partial charge in [-0.15, -0.1) is 0 Å². The molecule has 0 radical (unpaired) electrons. The first kappa shape index (κ1) is 22.0. The SMILES string of the molecule is O=C(Cl)c1cc(Br)cc(Br)c1N(C(=O)c1cc(Br)nn1-c1ncccc1Cl)C1CC1. The molecule has 0 unspecified atom stereocenters. The highest BCUT2D eigenvalue weighted by Crippen LogP contribution is 2.41. The van der Waals surface area contributed by atoms with Crippen LogP contribution in [0, 0.1) is 0 Å². The molecule has 6 nitrogen and oxygen atoms in total. The van der Waals surface area contributed by atoms with Crippen LogP contribution in [-0.4, -0.2) is 32.0 Å². The van der Waals surface area contributed by atoms with Crippen LogP contribution in [0.5, 0.6) is 0 Å². The molecule has 1 aliphatic carbocycles. The van der Waals surface area contributed by atoms with Gasteiger partial charge in [0.25, 0.3) is 11.1 Å². The number of carbonyl (C=O) groups is 2. The lowest BCUT2D eigenvalue weighted by atomic mass is 10.1. The monoisotopic (exact) mass is 634 g/mol. The van der Waals surface area contributed by atoms with E-state index in [1.807, 2.05) is 0 Å². The summed E-state index contributed by atoms with van der Waals surface area (Å²) >= 11 is 22.3. The van der Waals surface area contributed by atoms with Crippen LogP contribution in [0.4, 0.5) is 5.69 Å². The molecule has 11 heteroatoms. The number of carbonyl (C=O) groups excluding carboxylic acids is 2. The van der Waals surface area contributed by atoms with Crippen LogP contribution in [0.3, 0.4) is 0 Å². The molecule has 0 saturated heterocycles. The zero-order valence-electron chi connectivity index (χ0n) is 15.0. The lowest BCUT2D eigenvalue weighted by Gasteiger charge is -2.26. The van der Waals surface area contributed by atoms with Crippen molar-refractivity contribution in [2.75, 3.05) is 4.90 Å². The molecule has 0 aliphatic heterocycles. The summed E-state index contributed by atoms with van der Waals surface area (Å²) in [6, 6.07) is 8.26. The van der Waals surface area contributed by atoms with Crippen LogP contribution in [0.15, 0.2) is 50.1 Å². The third kappa shape index (κ3) is 4.23. The third-order valence-electron chi connectivity index (χ3n) is 4.45. The topological polar surface area (TPSA) is 68.1 Å². The van der Waals surface area contributed by atoms with Crippen molar-refractivity contribution in [1.29, 1.82) is 0 Å². The highest BCUT2D eigenvalue weighted by molar-refractivity contribution is 9.11. The van der Waals surface area contributed by atoms with Gasteiger partial charge in [0.05, 0.1) is 16.3 Å². The van der Waals surface area contributed by atoms with Gasteiger partial charge in [-0.05, 0) is 80.6 Å². The summed E-state index contributed by atoms with van der Waals surface area (Å²) in [4.78, 5) is 31.7. The van der Waals surface area contributed by atoms with Gasteiger partial charge in [-0.1, -0.05) is 27.5 Å². The van der Waals surface area contributed by atoms with Gasteiger partial charge in [-0.2, -0.15) is 5.10 Å². The Hall–Kier alpha value is -1.26. The second kappa shape index (κ2) is 8.70. The van der Waals surface area contributed by atoms with Crippen LogP contribution in [0.25, 0.3) is 5.82 Å². The molecule has 1 fully saturated rings. The van der Waals surface area contributed by atoms with Crippen molar-refractivity contribution >= 4 is 87.8 Å². The highest BCUT2D eigenvalue weighted by atomic mass is 79.9. The Labute approximate surface area is 206 Å². The summed E-state index contributed by atoms with van der Waals surface area (Å²) in [5.41, 5.74) is 0.887. The smallest absolute Gasteiger partial charge is 0.277 e. The molecule has 3 aromatic rings. The first-order chi connectivity index (χ1) is 14.3. The van der Waals surface area contributed by atoms with Crippen molar-refractivity contribution in [2.45, 2.75) is 18.9 Å². The Morgan fingerprint density at radius 2 is 1.90 bits per heavy atom. The van der Waals surface area contributed by atoms with Gasteiger partial charge in [0.1, 0.15) is 10.3 Å². The van der Waals surface area contributed by atoms with E-state index in [1.165, 1.54) is 4.68 Å².